The van der Waals surface area contributed by atoms with Crippen molar-refractivity contribution in [1.29, 1.82) is 0 Å². The second-order valence-electron chi connectivity index (χ2n) is 6.67. The quantitative estimate of drug-likeness (QED) is 0.546. The van der Waals surface area contributed by atoms with Gasteiger partial charge in [0.15, 0.2) is 0 Å². The largest absolute Gasteiger partial charge is 0.487 e. The number of ether oxygens (including phenoxy) is 1. The smallest absolute Gasteiger partial charge is 0.274 e. The molecule has 0 saturated heterocycles. The summed E-state index contributed by atoms with van der Waals surface area (Å²) >= 11 is 0. The molecule has 138 valence electrons. The highest BCUT2D eigenvalue weighted by atomic mass is 16.5. The number of aromatic amines is 1. The molecule has 0 bridgehead atoms. The maximum Gasteiger partial charge on any atom is 0.274 e. The van der Waals surface area contributed by atoms with Crippen LogP contribution in [0.1, 0.15) is 11.4 Å². The number of H-pyrrole nitrogens is 1. The number of benzene rings is 1. The Morgan fingerprint density at radius 2 is 2.00 bits per heavy atom. The lowest BCUT2D eigenvalue weighted by atomic mass is 10.0. The lowest BCUT2D eigenvalue weighted by Gasteiger charge is -2.14. The molecule has 0 aliphatic rings. The van der Waals surface area contributed by atoms with E-state index in [-0.39, 0.29) is 5.56 Å². The zero-order valence-corrected chi connectivity index (χ0v) is 15.5. The number of pyridine rings is 1. The summed E-state index contributed by atoms with van der Waals surface area (Å²) < 4.78 is 9.48. The molecule has 0 aliphatic heterocycles. The number of nitrogens with one attached hydrogen (secondary N) is 1. The van der Waals surface area contributed by atoms with Crippen LogP contribution in [0.2, 0.25) is 0 Å². The maximum atomic E-state index is 12.3. The minimum absolute atomic E-state index is 0.0736. The number of aryl methyl sites for hydroxylation is 3. The van der Waals surface area contributed by atoms with Crippen molar-refractivity contribution in [1.82, 2.24) is 19.3 Å². The first-order valence-corrected chi connectivity index (χ1v) is 8.63. The van der Waals surface area contributed by atoms with Crippen molar-refractivity contribution in [3.63, 3.8) is 0 Å². The van der Waals surface area contributed by atoms with Gasteiger partial charge in [-0.05, 0) is 37.3 Å². The molecule has 7 nitrogen and oxygen atoms in total. The van der Waals surface area contributed by atoms with E-state index < -0.39 is 0 Å². The topological polar surface area (TPSA) is 90.9 Å². The number of aromatic nitrogens is 4. The molecule has 7 heteroatoms. The van der Waals surface area contributed by atoms with Gasteiger partial charge in [-0.2, -0.15) is 5.10 Å². The predicted molar refractivity (Wildman–Crippen MR) is 106 cm³/mol. The lowest BCUT2D eigenvalue weighted by Crippen LogP contribution is -2.16. The molecule has 0 atom stereocenters. The van der Waals surface area contributed by atoms with Crippen LogP contribution in [0.5, 0.6) is 5.75 Å². The number of anilines is 1. The van der Waals surface area contributed by atoms with Crippen LogP contribution in [-0.2, 0) is 20.7 Å². The molecule has 3 heterocycles. The molecule has 4 aromatic rings. The van der Waals surface area contributed by atoms with Crippen LogP contribution in [-0.4, -0.2) is 19.3 Å². The molecular formula is C20H21N5O2. The second kappa shape index (κ2) is 6.35. The lowest BCUT2D eigenvalue weighted by molar-refractivity contribution is 0.296. The van der Waals surface area contributed by atoms with Gasteiger partial charge >= 0.3 is 0 Å². The van der Waals surface area contributed by atoms with Crippen LogP contribution >= 0.6 is 0 Å². The third-order valence-electron chi connectivity index (χ3n) is 4.66. The highest BCUT2D eigenvalue weighted by Crippen LogP contribution is 2.35. The molecule has 1 aromatic carbocycles. The number of nitrogen functional groups attached to an aromatic ring is 1. The molecular weight excluding hydrogens is 342 g/mol. The van der Waals surface area contributed by atoms with Crippen LogP contribution < -0.4 is 16.0 Å². The number of fused-ring (bicyclic) bond motifs is 1. The molecule has 0 amide bonds. The van der Waals surface area contributed by atoms with Crippen LogP contribution in [0.25, 0.3) is 22.0 Å². The number of hydrogen-bond acceptors (Lipinski definition) is 4. The van der Waals surface area contributed by atoms with Crippen molar-refractivity contribution in [2.24, 2.45) is 14.1 Å². The van der Waals surface area contributed by atoms with E-state index in [4.69, 9.17) is 10.5 Å². The van der Waals surface area contributed by atoms with E-state index in [1.807, 2.05) is 55.2 Å². The van der Waals surface area contributed by atoms with Crippen molar-refractivity contribution in [2.75, 3.05) is 5.73 Å². The minimum Gasteiger partial charge on any atom is -0.487 e. The van der Waals surface area contributed by atoms with Gasteiger partial charge in [-0.25, -0.2) is 0 Å². The van der Waals surface area contributed by atoms with E-state index in [1.165, 1.54) is 0 Å². The Labute approximate surface area is 156 Å². The summed E-state index contributed by atoms with van der Waals surface area (Å²) in [6.07, 6.45) is 3.58. The zero-order chi connectivity index (χ0) is 19.1. The molecule has 0 spiro atoms. The van der Waals surface area contributed by atoms with Crippen LogP contribution in [0, 0.1) is 6.92 Å². The predicted octanol–water partition coefficient (Wildman–Crippen LogP) is 2.74. The Bertz CT molecular complexity index is 1200. The van der Waals surface area contributed by atoms with E-state index in [2.05, 4.69) is 10.1 Å². The molecule has 3 N–H and O–H groups in total. The number of nitrogens with zero attached hydrogens (tertiary/aromatic N) is 3. The Hall–Kier alpha value is -3.48. The Balaban J connectivity index is 1.81. The Morgan fingerprint density at radius 3 is 2.74 bits per heavy atom. The Morgan fingerprint density at radius 1 is 1.19 bits per heavy atom. The van der Waals surface area contributed by atoms with Crippen molar-refractivity contribution in [3.8, 4) is 16.9 Å². The average Bonchev–Trinajstić information content (AvgIpc) is 3.23. The third-order valence-corrected chi connectivity index (χ3v) is 4.66. The molecule has 0 radical (unpaired) electrons. The van der Waals surface area contributed by atoms with Crippen LogP contribution in [0.4, 0.5) is 5.69 Å². The normalized spacial score (nSPS) is 11.2. The standard InChI is InChI=1S/C20H21N5O2/c1-12-8-14(25(3)23-12)11-27-18-5-4-13(21)9-16(18)17-10-24(2)20(26)19-15(17)6-7-22-19/h4-10,22H,11,21H2,1-3H3. The summed E-state index contributed by atoms with van der Waals surface area (Å²) in [7, 11) is 3.63. The Kier molecular flexibility index (Phi) is 3.99. The van der Waals surface area contributed by atoms with Gasteiger partial charge in [0.1, 0.15) is 17.9 Å². The summed E-state index contributed by atoms with van der Waals surface area (Å²) in [4.78, 5) is 15.4. The minimum atomic E-state index is -0.0736. The van der Waals surface area contributed by atoms with Crippen molar-refractivity contribution in [3.05, 3.63) is 64.5 Å². The van der Waals surface area contributed by atoms with Gasteiger partial charge in [-0.1, -0.05) is 0 Å². The zero-order valence-electron chi connectivity index (χ0n) is 15.5. The highest BCUT2D eigenvalue weighted by Gasteiger charge is 2.15. The molecule has 3 aromatic heterocycles. The molecule has 0 aliphatic carbocycles. The first kappa shape index (κ1) is 17.0. The number of nitrogens with two attached hydrogens (primary N) is 1. The summed E-state index contributed by atoms with van der Waals surface area (Å²) in [5.74, 6) is 0.698. The monoisotopic (exact) mass is 363 g/mol. The van der Waals surface area contributed by atoms with E-state index >= 15 is 0 Å². The van der Waals surface area contributed by atoms with Crippen molar-refractivity contribution < 1.29 is 4.74 Å². The third kappa shape index (κ3) is 2.97. The van der Waals surface area contributed by atoms with Crippen molar-refractivity contribution in [2.45, 2.75) is 13.5 Å². The van der Waals surface area contributed by atoms with Crippen molar-refractivity contribution >= 4 is 16.6 Å². The van der Waals surface area contributed by atoms with E-state index in [0.29, 0.717) is 23.6 Å². The van der Waals surface area contributed by atoms with Gasteiger partial charge in [-0.15, -0.1) is 0 Å². The van der Waals surface area contributed by atoms with Gasteiger partial charge in [0, 0.05) is 48.7 Å². The number of hydrogen-bond donors (Lipinski definition) is 2. The summed E-state index contributed by atoms with van der Waals surface area (Å²) in [5, 5.41) is 5.19. The summed E-state index contributed by atoms with van der Waals surface area (Å²) in [5.41, 5.74) is 10.8. The SMILES string of the molecule is Cc1cc(COc2ccc(N)cc2-c2cn(C)c(=O)c3[nH]ccc23)n(C)n1. The summed E-state index contributed by atoms with van der Waals surface area (Å²) in [6, 6.07) is 9.42. The van der Waals surface area contributed by atoms with E-state index in [1.54, 1.807) is 17.8 Å². The van der Waals surface area contributed by atoms with Gasteiger partial charge in [-0.3, -0.25) is 9.48 Å². The fourth-order valence-electron chi connectivity index (χ4n) is 3.32. The van der Waals surface area contributed by atoms with Crippen LogP contribution in [0.15, 0.2) is 47.5 Å². The average molecular weight is 363 g/mol. The molecule has 0 saturated carbocycles. The first-order valence-electron chi connectivity index (χ1n) is 8.63. The highest BCUT2D eigenvalue weighted by molar-refractivity contribution is 5.96. The van der Waals surface area contributed by atoms with Gasteiger partial charge < -0.3 is 20.0 Å². The molecule has 27 heavy (non-hydrogen) atoms. The first-order chi connectivity index (χ1) is 12.9. The molecule has 0 unspecified atom stereocenters. The summed E-state index contributed by atoms with van der Waals surface area (Å²) in [6.45, 7) is 2.33. The van der Waals surface area contributed by atoms with Gasteiger partial charge in [0.2, 0.25) is 0 Å². The number of rotatable bonds is 4. The van der Waals surface area contributed by atoms with Gasteiger partial charge in [0.25, 0.3) is 5.56 Å². The van der Waals surface area contributed by atoms with E-state index in [9.17, 15) is 4.79 Å². The molecule has 0 fully saturated rings. The van der Waals surface area contributed by atoms with Gasteiger partial charge in [0.05, 0.1) is 11.4 Å². The van der Waals surface area contributed by atoms with Crippen LogP contribution in [0.3, 0.4) is 0 Å². The molecule has 4 rings (SSSR count). The van der Waals surface area contributed by atoms with E-state index in [0.717, 1.165) is 27.9 Å². The fourth-order valence-corrected chi connectivity index (χ4v) is 3.32. The second-order valence-corrected chi connectivity index (χ2v) is 6.67. The maximum absolute atomic E-state index is 12.3. The fraction of sp³-hybridized carbons (Fsp3) is 0.200.